The molecule has 1 aromatic carbocycles. The predicted molar refractivity (Wildman–Crippen MR) is 65.6 cm³/mol. The summed E-state index contributed by atoms with van der Waals surface area (Å²) >= 11 is 0. The van der Waals surface area contributed by atoms with E-state index in [1.165, 1.54) is 5.56 Å². The molecule has 88 valence electrons. The number of rotatable bonds is 3. The van der Waals surface area contributed by atoms with E-state index in [2.05, 4.69) is 29.5 Å². The third-order valence-electron chi connectivity index (χ3n) is 2.97. The first-order chi connectivity index (χ1) is 8.33. The van der Waals surface area contributed by atoms with E-state index >= 15 is 0 Å². The van der Waals surface area contributed by atoms with E-state index in [1.807, 2.05) is 23.0 Å². The van der Waals surface area contributed by atoms with Crippen LogP contribution in [0.5, 0.6) is 5.75 Å². The molecule has 2 heterocycles. The average Bonchev–Trinajstić information content (AvgIpc) is 2.73. The first kappa shape index (κ1) is 10.4. The number of aromatic nitrogens is 2. The van der Waals surface area contributed by atoms with Gasteiger partial charge in [0.05, 0.1) is 18.1 Å². The van der Waals surface area contributed by atoms with Crippen LogP contribution >= 0.6 is 0 Å². The number of ether oxygens (including phenoxy) is 1. The van der Waals surface area contributed by atoms with Gasteiger partial charge in [-0.2, -0.15) is 5.10 Å². The molecule has 1 N–H and O–H groups in total. The van der Waals surface area contributed by atoms with Crippen LogP contribution in [0.1, 0.15) is 5.56 Å². The molecule has 0 aliphatic carbocycles. The van der Waals surface area contributed by atoms with Crippen LogP contribution in [0.25, 0.3) is 5.69 Å². The topological polar surface area (TPSA) is 39.1 Å². The highest BCUT2D eigenvalue weighted by molar-refractivity contribution is 5.40. The van der Waals surface area contributed by atoms with Crippen molar-refractivity contribution in [2.24, 2.45) is 0 Å². The van der Waals surface area contributed by atoms with E-state index in [-0.39, 0.29) is 0 Å². The summed E-state index contributed by atoms with van der Waals surface area (Å²) in [4.78, 5) is 0. The summed E-state index contributed by atoms with van der Waals surface area (Å²) in [5.74, 6) is 0.833. The van der Waals surface area contributed by atoms with Gasteiger partial charge < -0.3 is 10.1 Å². The van der Waals surface area contributed by atoms with Crippen molar-refractivity contribution in [3.63, 3.8) is 0 Å². The van der Waals surface area contributed by atoms with Gasteiger partial charge in [-0.3, -0.25) is 0 Å². The fourth-order valence-corrected chi connectivity index (χ4v) is 1.86. The van der Waals surface area contributed by atoms with Crippen molar-refractivity contribution in [3.8, 4) is 11.4 Å². The SMILES string of the molecule is Cc1ccccc1-n1cc(OC2CNC2)cn1. The van der Waals surface area contributed by atoms with Crippen LogP contribution in [0.15, 0.2) is 36.7 Å². The van der Waals surface area contributed by atoms with E-state index in [0.717, 1.165) is 24.5 Å². The van der Waals surface area contributed by atoms with Crippen LogP contribution in [0.2, 0.25) is 0 Å². The lowest BCUT2D eigenvalue weighted by atomic mass is 10.2. The summed E-state index contributed by atoms with van der Waals surface area (Å²) in [5, 5.41) is 7.51. The molecule has 0 amide bonds. The Bertz CT molecular complexity index is 517. The van der Waals surface area contributed by atoms with Crippen molar-refractivity contribution >= 4 is 0 Å². The third-order valence-corrected chi connectivity index (χ3v) is 2.97. The first-order valence-electron chi connectivity index (χ1n) is 5.81. The lowest BCUT2D eigenvalue weighted by Gasteiger charge is -2.26. The fourth-order valence-electron chi connectivity index (χ4n) is 1.86. The van der Waals surface area contributed by atoms with Gasteiger partial charge in [-0.1, -0.05) is 18.2 Å². The van der Waals surface area contributed by atoms with Crippen LogP contribution in [0, 0.1) is 6.92 Å². The maximum absolute atomic E-state index is 5.75. The van der Waals surface area contributed by atoms with Crippen molar-refractivity contribution in [3.05, 3.63) is 42.2 Å². The normalized spacial score (nSPS) is 15.6. The predicted octanol–water partition coefficient (Wildman–Crippen LogP) is 1.53. The van der Waals surface area contributed by atoms with E-state index < -0.39 is 0 Å². The Morgan fingerprint density at radius 3 is 2.88 bits per heavy atom. The number of para-hydroxylation sites is 1. The fraction of sp³-hybridized carbons (Fsp3) is 0.308. The molecule has 17 heavy (non-hydrogen) atoms. The summed E-state index contributed by atoms with van der Waals surface area (Å²) in [6.45, 7) is 3.93. The number of hydrogen-bond acceptors (Lipinski definition) is 3. The Labute approximate surface area is 100 Å². The molecule has 1 aromatic heterocycles. The molecule has 3 rings (SSSR count). The van der Waals surface area contributed by atoms with E-state index in [4.69, 9.17) is 4.74 Å². The quantitative estimate of drug-likeness (QED) is 0.867. The molecule has 1 saturated heterocycles. The molecule has 1 aliphatic heterocycles. The smallest absolute Gasteiger partial charge is 0.158 e. The molecule has 0 atom stereocenters. The molecule has 1 aliphatic rings. The van der Waals surface area contributed by atoms with Crippen LogP contribution in [-0.2, 0) is 0 Å². The Morgan fingerprint density at radius 1 is 1.35 bits per heavy atom. The van der Waals surface area contributed by atoms with Gasteiger partial charge in [0.15, 0.2) is 5.75 Å². The molecule has 0 unspecified atom stereocenters. The van der Waals surface area contributed by atoms with Crippen molar-refractivity contribution in [1.29, 1.82) is 0 Å². The van der Waals surface area contributed by atoms with Crippen LogP contribution in [0.4, 0.5) is 0 Å². The highest BCUT2D eigenvalue weighted by Crippen LogP contribution is 2.18. The lowest BCUT2D eigenvalue weighted by molar-refractivity contribution is 0.142. The van der Waals surface area contributed by atoms with Gasteiger partial charge in [0.2, 0.25) is 0 Å². The lowest BCUT2D eigenvalue weighted by Crippen LogP contribution is -2.50. The van der Waals surface area contributed by atoms with Gasteiger partial charge in [-0.15, -0.1) is 0 Å². The van der Waals surface area contributed by atoms with Gasteiger partial charge in [0, 0.05) is 13.1 Å². The Kier molecular flexibility index (Phi) is 2.57. The molecule has 4 heteroatoms. The Hall–Kier alpha value is -1.81. The largest absolute Gasteiger partial charge is 0.484 e. The first-order valence-corrected chi connectivity index (χ1v) is 5.81. The maximum Gasteiger partial charge on any atom is 0.158 e. The zero-order valence-electron chi connectivity index (χ0n) is 9.76. The number of nitrogens with zero attached hydrogens (tertiary/aromatic N) is 2. The van der Waals surface area contributed by atoms with Crippen molar-refractivity contribution < 1.29 is 4.74 Å². The zero-order chi connectivity index (χ0) is 11.7. The average molecular weight is 229 g/mol. The Morgan fingerprint density at radius 2 is 2.18 bits per heavy atom. The monoisotopic (exact) mass is 229 g/mol. The molecule has 0 spiro atoms. The third kappa shape index (κ3) is 2.03. The minimum atomic E-state index is 0.296. The van der Waals surface area contributed by atoms with Gasteiger partial charge in [-0.05, 0) is 18.6 Å². The second kappa shape index (κ2) is 4.22. The van der Waals surface area contributed by atoms with Gasteiger partial charge in [0.1, 0.15) is 6.10 Å². The highest BCUT2D eigenvalue weighted by Gasteiger charge is 2.18. The molecule has 0 bridgehead atoms. The van der Waals surface area contributed by atoms with Gasteiger partial charge in [-0.25, -0.2) is 4.68 Å². The van der Waals surface area contributed by atoms with Crippen molar-refractivity contribution in [1.82, 2.24) is 15.1 Å². The molecule has 2 aromatic rings. The van der Waals surface area contributed by atoms with Crippen LogP contribution < -0.4 is 10.1 Å². The Balaban J connectivity index is 1.82. The molecule has 1 fully saturated rings. The second-order valence-electron chi connectivity index (χ2n) is 4.31. The van der Waals surface area contributed by atoms with Crippen molar-refractivity contribution in [2.45, 2.75) is 13.0 Å². The van der Waals surface area contributed by atoms with Gasteiger partial charge >= 0.3 is 0 Å². The molecule has 0 radical (unpaired) electrons. The van der Waals surface area contributed by atoms with Crippen LogP contribution in [-0.4, -0.2) is 29.0 Å². The summed E-state index contributed by atoms with van der Waals surface area (Å²) in [6, 6.07) is 8.17. The van der Waals surface area contributed by atoms with E-state index in [0.29, 0.717) is 6.10 Å². The van der Waals surface area contributed by atoms with E-state index in [9.17, 15) is 0 Å². The highest BCUT2D eigenvalue weighted by atomic mass is 16.5. The summed E-state index contributed by atoms with van der Waals surface area (Å²) < 4.78 is 7.60. The van der Waals surface area contributed by atoms with Crippen molar-refractivity contribution in [2.75, 3.05) is 13.1 Å². The summed E-state index contributed by atoms with van der Waals surface area (Å²) in [6.07, 6.45) is 4.00. The molecular weight excluding hydrogens is 214 g/mol. The maximum atomic E-state index is 5.75. The molecular formula is C13H15N3O. The minimum absolute atomic E-state index is 0.296. The van der Waals surface area contributed by atoms with E-state index in [1.54, 1.807) is 6.20 Å². The molecule has 4 nitrogen and oxygen atoms in total. The van der Waals surface area contributed by atoms with Crippen LogP contribution in [0.3, 0.4) is 0 Å². The molecule has 0 saturated carbocycles. The summed E-state index contributed by atoms with van der Waals surface area (Å²) in [5.41, 5.74) is 2.29. The minimum Gasteiger partial charge on any atom is -0.484 e. The van der Waals surface area contributed by atoms with Gasteiger partial charge in [0.25, 0.3) is 0 Å². The number of nitrogens with one attached hydrogen (secondary N) is 1. The number of aryl methyl sites for hydroxylation is 1. The summed E-state index contributed by atoms with van der Waals surface area (Å²) in [7, 11) is 0. The zero-order valence-corrected chi connectivity index (χ0v) is 9.76. The second-order valence-corrected chi connectivity index (χ2v) is 4.31. The number of benzene rings is 1. The standard InChI is InChI=1S/C13H15N3O/c1-10-4-2-3-5-13(10)16-9-12(8-15-16)17-11-6-14-7-11/h2-5,8-9,11,14H,6-7H2,1H3. The number of hydrogen-bond donors (Lipinski definition) is 1.